The van der Waals surface area contributed by atoms with Crippen molar-refractivity contribution in [2.45, 2.75) is 28.7 Å². The molecule has 0 radical (unpaired) electrons. The van der Waals surface area contributed by atoms with Crippen LogP contribution in [0, 0.1) is 0 Å². The summed E-state index contributed by atoms with van der Waals surface area (Å²) in [6.07, 6.45) is 1.66. The van der Waals surface area contributed by atoms with E-state index in [9.17, 15) is 13.8 Å². The van der Waals surface area contributed by atoms with E-state index in [-0.39, 0.29) is 18.2 Å². The lowest BCUT2D eigenvalue weighted by atomic mass is 9.59. The maximum atomic E-state index is 14.3. The molecule has 2 N–H and O–H groups in total. The molecule has 4 atom stereocenters. The van der Waals surface area contributed by atoms with Gasteiger partial charge in [-0.3, -0.25) is 13.8 Å². The van der Waals surface area contributed by atoms with Crippen molar-refractivity contribution >= 4 is 63.1 Å². The van der Waals surface area contributed by atoms with Crippen molar-refractivity contribution in [1.82, 2.24) is 5.32 Å². The highest BCUT2D eigenvalue weighted by Crippen LogP contribution is 2.58. The van der Waals surface area contributed by atoms with Crippen LogP contribution in [0.5, 0.6) is 11.5 Å². The van der Waals surface area contributed by atoms with E-state index in [0.29, 0.717) is 48.3 Å². The quantitative estimate of drug-likeness (QED) is 0.242. The number of fused-ring (bicyclic) bond motifs is 2. The van der Waals surface area contributed by atoms with E-state index in [1.54, 1.807) is 73.0 Å². The minimum Gasteiger partial charge on any atom is -0.457 e. The van der Waals surface area contributed by atoms with Crippen LogP contribution in [-0.2, 0) is 25.8 Å². The van der Waals surface area contributed by atoms with E-state index in [4.69, 9.17) is 39.5 Å². The van der Waals surface area contributed by atoms with E-state index in [1.807, 2.05) is 18.2 Å². The second kappa shape index (κ2) is 10.8. The van der Waals surface area contributed by atoms with Gasteiger partial charge in [-0.25, -0.2) is 0 Å². The van der Waals surface area contributed by atoms with Gasteiger partial charge in [0, 0.05) is 60.6 Å². The number of ether oxygens (including phenoxy) is 1. The average molecular weight is 626 g/mol. The van der Waals surface area contributed by atoms with Crippen LogP contribution < -0.4 is 15.4 Å². The first-order valence-corrected chi connectivity index (χ1v) is 15.4. The molecule has 2 aliphatic rings. The van der Waals surface area contributed by atoms with E-state index >= 15 is 0 Å². The first-order chi connectivity index (χ1) is 19.7. The number of halogens is 3. The van der Waals surface area contributed by atoms with Crippen LogP contribution in [-0.4, -0.2) is 22.3 Å². The Labute approximate surface area is 254 Å². The fraction of sp³-hybridized carbons (Fsp3) is 0.161. The third-order valence-corrected chi connectivity index (χ3v) is 9.31. The SMILES string of the molecule is CS(=O)c1ccc(Oc2ccc(Cl)cc2[C@H]2NC(=O)C[C@@H](c3cccc(Cl)c3)[C@]23C(=O)Nc2cc(Cl)ccc23)cc1. The second-order valence-electron chi connectivity index (χ2n) is 10.0. The molecule has 0 bridgehead atoms. The van der Waals surface area contributed by atoms with Crippen LogP contribution in [0.2, 0.25) is 15.1 Å². The molecule has 4 aromatic rings. The predicted molar refractivity (Wildman–Crippen MR) is 162 cm³/mol. The Morgan fingerprint density at radius 3 is 2.32 bits per heavy atom. The maximum absolute atomic E-state index is 14.3. The number of hydrogen-bond donors (Lipinski definition) is 2. The molecular formula is C31H23Cl3N2O4S. The molecular weight excluding hydrogens is 603 g/mol. The van der Waals surface area contributed by atoms with Crippen LogP contribution >= 0.6 is 34.8 Å². The normalized spacial score (nSPS) is 22.1. The largest absolute Gasteiger partial charge is 0.457 e. The number of piperidine rings is 1. The Morgan fingerprint density at radius 2 is 1.59 bits per heavy atom. The number of carbonyl (C=O) groups is 2. The Bertz CT molecular complexity index is 1730. The molecule has 2 aliphatic heterocycles. The lowest BCUT2D eigenvalue weighted by Gasteiger charge is -2.46. The van der Waals surface area contributed by atoms with Gasteiger partial charge in [-0.2, -0.15) is 0 Å². The summed E-state index contributed by atoms with van der Waals surface area (Å²) >= 11 is 19.2. The molecule has 0 aromatic heterocycles. The summed E-state index contributed by atoms with van der Waals surface area (Å²) in [4.78, 5) is 28.3. The minimum atomic E-state index is -1.29. The van der Waals surface area contributed by atoms with Gasteiger partial charge in [0.2, 0.25) is 11.8 Å². The molecule has 0 saturated carbocycles. The first kappa shape index (κ1) is 27.8. The lowest BCUT2D eigenvalue weighted by molar-refractivity contribution is -0.131. The van der Waals surface area contributed by atoms with Crippen molar-refractivity contribution in [1.29, 1.82) is 0 Å². The third-order valence-electron chi connectivity index (χ3n) is 7.67. The fourth-order valence-electron chi connectivity index (χ4n) is 5.93. The number of hydrogen-bond acceptors (Lipinski definition) is 4. The molecule has 0 aliphatic carbocycles. The van der Waals surface area contributed by atoms with Crippen molar-refractivity contribution in [3.63, 3.8) is 0 Å². The summed E-state index contributed by atoms with van der Waals surface area (Å²) in [5.41, 5.74) is 1.26. The van der Waals surface area contributed by atoms with Crippen LogP contribution in [0.1, 0.15) is 35.1 Å². The Balaban J connectivity index is 1.56. The van der Waals surface area contributed by atoms with Crippen LogP contribution in [0.3, 0.4) is 0 Å². The topological polar surface area (TPSA) is 84.5 Å². The minimum absolute atomic E-state index is 0.0543. The molecule has 6 nitrogen and oxygen atoms in total. The van der Waals surface area contributed by atoms with Gasteiger partial charge in [-0.05, 0) is 77.9 Å². The molecule has 2 amide bonds. The van der Waals surface area contributed by atoms with Gasteiger partial charge in [-0.1, -0.05) is 53.0 Å². The van der Waals surface area contributed by atoms with Crippen LogP contribution in [0.4, 0.5) is 5.69 Å². The van der Waals surface area contributed by atoms with Gasteiger partial charge < -0.3 is 15.4 Å². The molecule has 10 heteroatoms. The van der Waals surface area contributed by atoms with Crippen molar-refractivity contribution in [3.05, 3.63) is 117 Å². The van der Waals surface area contributed by atoms with E-state index in [2.05, 4.69) is 10.6 Å². The Kier molecular flexibility index (Phi) is 7.32. The third kappa shape index (κ3) is 4.91. The molecule has 1 fully saturated rings. The molecule has 1 saturated heterocycles. The molecule has 2 heterocycles. The smallest absolute Gasteiger partial charge is 0.238 e. The number of benzene rings is 4. The van der Waals surface area contributed by atoms with Crippen molar-refractivity contribution < 1.29 is 18.5 Å². The van der Waals surface area contributed by atoms with Crippen molar-refractivity contribution in [2.75, 3.05) is 11.6 Å². The van der Waals surface area contributed by atoms with Gasteiger partial charge in [0.05, 0.1) is 6.04 Å². The lowest BCUT2D eigenvalue weighted by Crippen LogP contribution is -2.56. The fourth-order valence-corrected chi connectivity index (χ4v) is 7.00. The predicted octanol–water partition coefficient (Wildman–Crippen LogP) is 7.41. The van der Waals surface area contributed by atoms with Gasteiger partial charge >= 0.3 is 0 Å². The summed E-state index contributed by atoms with van der Waals surface area (Å²) in [6.45, 7) is 0. The summed E-state index contributed by atoms with van der Waals surface area (Å²) in [5, 5.41) is 7.50. The zero-order valence-corrected chi connectivity index (χ0v) is 24.7. The van der Waals surface area contributed by atoms with Crippen molar-refractivity contribution in [2.24, 2.45) is 0 Å². The summed E-state index contributed by atoms with van der Waals surface area (Å²) in [6, 6.07) is 23.6. The number of carbonyl (C=O) groups excluding carboxylic acids is 2. The molecule has 6 rings (SSSR count). The second-order valence-corrected chi connectivity index (χ2v) is 12.7. The molecule has 208 valence electrons. The van der Waals surface area contributed by atoms with Gasteiger partial charge in [0.1, 0.15) is 16.9 Å². The zero-order chi connectivity index (χ0) is 28.9. The standard InChI is InChI=1S/C31H23Cl3N2O4S/c1-41(39)22-9-7-21(8-10-22)40-27-12-6-19(33)14-23(27)29-31(24-11-5-20(34)15-26(24)35-30(31)38)25(16-28(37)36-29)17-3-2-4-18(32)13-17/h2-15,25,29H,16H2,1H3,(H,35,38)(H,36,37)/t25-,29+,31-,41?/m0/s1. The van der Waals surface area contributed by atoms with E-state index in [0.717, 1.165) is 5.56 Å². The zero-order valence-electron chi connectivity index (χ0n) is 21.6. The van der Waals surface area contributed by atoms with Gasteiger partial charge in [0.15, 0.2) is 0 Å². The molecule has 1 spiro atoms. The van der Waals surface area contributed by atoms with Crippen molar-refractivity contribution in [3.8, 4) is 11.5 Å². The summed E-state index contributed by atoms with van der Waals surface area (Å²) < 4.78 is 18.2. The summed E-state index contributed by atoms with van der Waals surface area (Å²) in [5.74, 6) is -0.195. The summed E-state index contributed by atoms with van der Waals surface area (Å²) in [7, 11) is -1.14. The monoisotopic (exact) mass is 624 g/mol. The molecule has 4 aromatic carbocycles. The first-order valence-electron chi connectivity index (χ1n) is 12.7. The van der Waals surface area contributed by atoms with Gasteiger partial charge in [-0.15, -0.1) is 0 Å². The number of rotatable bonds is 5. The molecule has 1 unspecified atom stereocenters. The van der Waals surface area contributed by atoms with Gasteiger partial charge in [0.25, 0.3) is 0 Å². The van der Waals surface area contributed by atoms with E-state index < -0.39 is 28.2 Å². The maximum Gasteiger partial charge on any atom is 0.238 e. The Hall–Kier alpha value is -3.36. The molecule has 41 heavy (non-hydrogen) atoms. The highest BCUT2D eigenvalue weighted by atomic mass is 35.5. The number of anilines is 1. The van der Waals surface area contributed by atoms with Crippen LogP contribution in [0.15, 0.2) is 89.8 Å². The average Bonchev–Trinajstić information content (AvgIpc) is 3.22. The highest BCUT2D eigenvalue weighted by Gasteiger charge is 2.61. The number of amides is 2. The van der Waals surface area contributed by atoms with E-state index in [1.165, 1.54) is 0 Å². The van der Waals surface area contributed by atoms with Crippen LogP contribution in [0.25, 0.3) is 0 Å². The Morgan fingerprint density at radius 1 is 0.878 bits per heavy atom. The number of nitrogens with one attached hydrogen (secondary N) is 2. The highest BCUT2D eigenvalue weighted by molar-refractivity contribution is 7.84.